The second-order valence-corrected chi connectivity index (χ2v) is 7.80. The van der Waals surface area contributed by atoms with Crippen LogP contribution in [0.5, 0.6) is 0 Å². The minimum Gasteiger partial charge on any atom is -0.318 e. The third-order valence-corrected chi connectivity index (χ3v) is 5.35. The number of carbonyl (C=O) groups is 3. The number of para-hydroxylation sites is 1. The number of anilines is 1. The fourth-order valence-electron chi connectivity index (χ4n) is 4.04. The van der Waals surface area contributed by atoms with E-state index in [0.29, 0.717) is 5.69 Å². The number of imide groups is 2. The molecular weight excluding hydrogens is 390 g/mol. The number of nitrogens with zero attached hydrogens (tertiary/aromatic N) is 2. The third-order valence-electron chi connectivity index (χ3n) is 5.35. The average molecular weight is 413 g/mol. The highest BCUT2D eigenvalue weighted by atomic mass is 16.2. The maximum Gasteiger partial charge on any atom is 0.335 e. The van der Waals surface area contributed by atoms with Crippen molar-refractivity contribution in [2.75, 3.05) is 4.90 Å². The summed E-state index contributed by atoms with van der Waals surface area (Å²) in [6.07, 6.45) is 1.56. The Balaban J connectivity index is 1.78. The van der Waals surface area contributed by atoms with Gasteiger partial charge in [0.2, 0.25) is 0 Å². The molecule has 1 aromatic heterocycles. The maximum atomic E-state index is 13.1. The lowest BCUT2D eigenvalue weighted by Crippen LogP contribution is -2.54. The Morgan fingerprint density at radius 1 is 0.806 bits per heavy atom. The zero-order valence-electron chi connectivity index (χ0n) is 17.9. The number of benzene rings is 2. The van der Waals surface area contributed by atoms with Crippen LogP contribution in [0.15, 0.2) is 60.2 Å². The SMILES string of the molecule is Cc1cc(C)cc(-n2c(C)cc(C=C3C(=O)NC(=O)N(c4ccccc4)C3=O)c2C)c1. The molecule has 0 saturated carbocycles. The molecule has 1 N–H and O–H groups in total. The fraction of sp³-hybridized carbons (Fsp3) is 0.160. The quantitative estimate of drug-likeness (QED) is 0.512. The van der Waals surface area contributed by atoms with Crippen molar-refractivity contribution in [3.63, 3.8) is 0 Å². The summed E-state index contributed by atoms with van der Waals surface area (Å²) in [5.74, 6) is -1.34. The Morgan fingerprint density at radius 2 is 1.45 bits per heavy atom. The first-order valence-corrected chi connectivity index (χ1v) is 10.0. The summed E-state index contributed by atoms with van der Waals surface area (Å²) < 4.78 is 2.09. The van der Waals surface area contributed by atoms with E-state index in [1.165, 1.54) is 0 Å². The van der Waals surface area contributed by atoms with Crippen LogP contribution in [0.4, 0.5) is 10.5 Å². The van der Waals surface area contributed by atoms with E-state index in [9.17, 15) is 14.4 Å². The van der Waals surface area contributed by atoms with Gasteiger partial charge < -0.3 is 4.57 Å². The minimum absolute atomic E-state index is 0.0795. The van der Waals surface area contributed by atoms with E-state index in [2.05, 4.69) is 28.1 Å². The van der Waals surface area contributed by atoms with Crippen molar-refractivity contribution >= 4 is 29.6 Å². The van der Waals surface area contributed by atoms with E-state index in [0.717, 1.165) is 38.7 Å². The van der Waals surface area contributed by atoms with Crippen LogP contribution < -0.4 is 10.2 Å². The number of rotatable bonds is 3. The van der Waals surface area contributed by atoms with Gasteiger partial charge in [-0.15, -0.1) is 0 Å². The third kappa shape index (κ3) is 3.68. The normalized spacial score (nSPS) is 15.5. The summed E-state index contributed by atoms with van der Waals surface area (Å²) in [6, 6.07) is 16.0. The maximum absolute atomic E-state index is 13.1. The smallest absolute Gasteiger partial charge is 0.318 e. The highest BCUT2D eigenvalue weighted by Crippen LogP contribution is 2.26. The molecule has 1 saturated heterocycles. The van der Waals surface area contributed by atoms with Gasteiger partial charge in [-0.2, -0.15) is 0 Å². The molecule has 6 heteroatoms. The summed E-state index contributed by atoms with van der Waals surface area (Å²) in [4.78, 5) is 38.9. The standard InChI is InChI=1S/C25H23N3O3/c1-15-10-16(2)12-21(11-15)27-17(3)13-19(18(27)4)14-22-23(29)26-25(31)28(24(22)30)20-8-6-5-7-9-20/h5-14H,1-4H3,(H,26,29,31). The molecule has 0 radical (unpaired) electrons. The molecule has 6 nitrogen and oxygen atoms in total. The van der Waals surface area contributed by atoms with Gasteiger partial charge in [0.05, 0.1) is 5.69 Å². The second-order valence-electron chi connectivity index (χ2n) is 7.80. The van der Waals surface area contributed by atoms with Crippen LogP contribution in [0.3, 0.4) is 0 Å². The van der Waals surface area contributed by atoms with E-state index in [1.54, 1.807) is 36.4 Å². The molecule has 0 bridgehead atoms. The summed E-state index contributed by atoms with van der Waals surface area (Å²) in [7, 11) is 0. The topological polar surface area (TPSA) is 71.4 Å². The first kappa shape index (κ1) is 20.3. The molecule has 4 amide bonds. The number of hydrogen-bond donors (Lipinski definition) is 1. The van der Waals surface area contributed by atoms with Gasteiger partial charge in [0, 0.05) is 17.1 Å². The van der Waals surface area contributed by atoms with Crippen molar-refractivity contribution in [3.8, 4) is 5.69 Å². The van der Waals surface area contributed by atoms with Gasteiger partial charge in [-0.05, 0) is 80.8 Å². The zero-order valence-corrected chi connectivity index (χ0v) is 17.9. The van der Waals surface area contributed by atoms with E-state index >= 15 is 0 Å². The number of carbonyl (C=O) groups excluding carboxylic acids is 3. The van der Waals surface area contributed by atoms with Gasteiger partial charge >= 0.3 is 6.03 Å². The van der Waals surface area contributed by atoms with Crippen molar-refractivity contribution in [1.82, 2.24) is 9.88 Å². The number of aromatic nitrogens is 1. The number of barbiturate groups is 1. The van der Waals surface area contributed by atoms with Crippen LogP contribution in [-0.2, 0) is 9.59 Å². The van der Waals surface area contributed by atoms with Crippen LogP contribution in [-0.4, -0.2) is 22.4 Å². The van der Waals surface area contributed by atoms with Crippen molar-refractivity contribution in [2.45, 2.75) is 27.7 Å². The van der Waals surface area contributed by atoms with Crippen LogP contribution in [0.1, 0.15) is 28.1 Å². The molecule has 0 aliphatic carbocycles. The number of aryl methyl sites for hydroxylation is 3. The van der Waals surface area contributed by atoms with E-state index in [1.807, 2.05) is 33.8 Å². The molecule has 0 atom stereocenters. The minimum atomic E-state index is -0.751. The van der Waals surface area contributed by atoms with Crippen LogP contribution in [0.25, 0.3) is 11.8 Å². The lowest BCUT2D eigenvalue weighted by molar-refractivity contribution is -0.122. The van der Waals surface area contributed by atoms with Crippen LogP contribution in [0.2, 0.25) is 0 Å². The van der Waals surface area contributed by atoms with Gasteiger partial charge in [-0.1, -0.05) is 24.3 Å². The average Bonchev–Trinajstić information content (AvgIpc) is 2.98. The molecule has 0 spiro atoms. The number of amides is 4. The molecule has 2 aromatic carbocycles. The zero-order chi connectivity index (χ0) is 22.3. The molecule has 1 aliphatic rings. The molecule has 4 rings (SSSR count). The summed E-state index contributed by atoms with van der Waals surface area (Å²) in [6.45, 7) is 8.03. The molecule has 3 aromatic rings. The summed E-state index contributed by atoms with van der Waals surface area (Å²) in [5, 5.41) is 2.27. The molecule has 156 valence electrons. The van der Waals surface area contributed by atoms with Gasteiger partial charge in [0.25, 0.3) is 11.8 Å². The Hall–Kier alpha value is -3.93. The van der Waals surface area contributed by atoms with Crippen LogP contribution in [0, 0.1) is 27.7 Å². The lowest BCUT2D eigenvalue weighted by atomic mass is 10.1. The summed E-state index contributed by atoms with van der Waals surface area (Å²) >= 11 is 0. The highest BCUT2D eigenvalue weighted by Gasteiger charge is 2.36. The van der Waals surface area contributed by atoms with Gasteiger partial charge in [-0.3, -0.25) is 14.9 Å². The molecule has 2 heterocycles. The van der Waals surface area contributed by atoms with Crippen molar-refractivity contribution in [3.05, 3.63) is 88.2 Å². The van der Waals surface area contributed by atoms with Gasteiger partial charge in [-0.25, -0.2) is 9.69 Å². The van der Waals surface area contributed by atoms with Crippen molar-refractivity contribution < 1.29 is 14.4 Å². The predicted molar refractivity (Wildman–Crippen MR) is 120 cm³/mol. The Morgan fingerprint density at radius 3 is 2.10 bits per heavy atom. The fourth-order valence-corrected chi connectivity index (χ4v) is 4.04. The number of urea groups is 1. The summed E-state index contributed by atoms with van der Waals surface area (Å²) in [5.41, 5.74) is 6.29. The van der Waals surface area contributed by atoms with Crippen LogP contribution >= 0.6 is 0 Å². The molecule has 1 fully saturated rings. The second kappa shape index (κ2) is 7.72. The van der Waals surface area contributed by atoms with E-state index in [4.69, 9.17) is 0 Å². The van der Waals surface area contributed by atoms with Crippen molar-refractivity contribution in [2.24, 2.45) is 0 Å². The Bertz CT molecular complexity index is 1230. The number of nitrogens with one attached hydrogen (secondary N) is 1. The lowest BCUT2D eigenvalue weighted by Gasteiger charge is -2.26. The predicted octanol–water partition coefficient (Wildman–Crippen LogP) is 4.38. The Kier molecular flexibility index (Phi) is 5.07. The monoisotopic (exact) mass is 413 g/mol. The Labute approximate surface area is 180 Å². The first-order valence-electron chi connectivity index (χ1n) is 10.0. The molecule has 0 unspecified atom stereocenters. The van der Waals surface area contributed by atoms with E-state index < -0.39 is 17.8 Å². The molecule has 31 heavy (non-hydrogen) atoms. The number of hydrogen-bond acceptors (Lipinski definition) is 3. The highest BCUT2D eigenvalue weighted by molar-refractivity contribution is 6.39. The molecular formula is C25H23N3O3. The van der Waals surface area contributed by atoms with E-state index in [-0.39, 0.29) is 5.57 Å². The van der Waals surface area contributed by atoms with Crippen molar-refractivity contribution in [1.29, 1.82) is 0 Å². The van der Waals surface area contributed by atoms with Gasteiger partial charge in [0.15, 0.2) is 0 Å². The van der Waals surface area contributed by atoms with Gasteiger partial charge in [0.1, 0.15) is 5.57 Å². The largest absolute Gasteiger partial charge is 0.335 e. The first-order chi connectivity index (χ1) is 14.8. The molecule has 1 aliphatic heterocycles.